The van der Waals surface area contributed by atoms with Crippen molar-refractivity contribution in [3.05, 3.63) is 0 Å². The Labute approximate surface area is 110 Å². The topological polar surface area (TPSA) is 49.4 Å². The third kappa shape index (κ3) is 4.00. The standard InChI is InChI=1S/C14H26N2O2/c1-5-7-8-16-10-11(9-12(16)17)13(18)15-14(3,4)6-2/h11H,5-10H2,1-4H3,(H,15,18). The van der Waals surface area contributed by atoms with Crippen LogP contribution in [0.5, 0.6) is 0 Å². The molecule has 1 saturated heterocycles. The second-order valence-corrected chi connectivity index (χ2v) is 5.82. The number of carbonyl (C=O) groups is 2. The van der Waals surface area contributed by atoms with E-state index >= 15 is 0 Å². The van der Waals surface area contributed by atoms with E-state index in [1.165, 1.54) is 0 Å². The van der Waals surface area contributed by atoms with Crippen molar-refractivity contribution in [2.45, 2.75) is 58.9 Å². The number of rotatable bonds is 6. The number of nitrogens with one attached hydrogen (secondary N) is 1. The maximum atomic E-state index is 12.1. The zero-order valence-electron chi connectivity index (χ0n) is 12.1. The molecule has 1 fully saturated rings. The number of hydrogen-bond donors (Lipinski definition) is 1. The molecule has 1 N–H and O–H groups in total. The van der Waals surface area contributed by atoms with Gasteiger partial charge < -0.3 is 10.2 Å². The predicted molar refractivity (Wildman–Crippen MR) is 72.1 cm³/mol. The lowest BCUT2D eigenvalue weighted by Gasteiger charge is -2.26. The van der Waals surface area contributed by atoms with Crippen LogP contribution in [0.15, 0.2) is 0 Å². The molecule has 4 heteroatoms. The number of carbonyl (C=O) groups excluding carboxylic acids is 2. The van der Waals surface area contributed by atoms with E-state index in [0.29, 0.717) is 13.0 Å². The minimum atomic E-state index is -0.184. The molecule has 0 aliphatic carbocycles. The van der Waals surface area contributed by atoms with Gasteiger partial charge in [0.05, 0.1) is 5.92 Å². The molecule has 0 bridgehead atoms. The minimum absolute atomic E-state index is 0.0224. The minimum Gasteiger partial charge on any atom is -0.351 e. The van der Waals surface area contributed by atoms with Gasteiger partial charge in [0.25, 0.3) is 0 Å². The van der Waals surface area contributed by atoms with E-state index in [1.807, 2.05) is 25.7 Å². The van der Waals surface area contributed by atoms with Gasteiger partial charge in [0, 0.05) is 25.0 Å². The summed E-state index contributed by atoms with van der Waals surface area (Å²) >= 11 is 0. The van der Waals surface area contributed by atoms with E-state index in [2.05, 4.69) is 12.2 Å². The molecule has 1 atom stereocenters. The smallest absolute Gasteiger partial charge is 0.225 e. The highest BCUT2D eigenvalue weighted by Gasteiger charge is 2.35. The summed E-state index contributed by atoms with van der Waals surface area (Å²) in [6, 6.07) is 0. The maximum Gasteiger partial charge on any atom is 0.225 e. The molecule has 0 saturated carbocycles. The molecule has 0 aromatic rings. The first-order valence-electron chi connectivity index (χ1n) is 6.99. The fourth-order valence-electron chi connectivity index (χ4n) is 2.04. The molecule has 1 aliphatic heterocycles. The van der Waals surface area contributed by atoms with E-state index in [9.17, 15) is 9.59 Å². The number of unbranched alkanes of at least 4 members (excludes halogenated alkanes) is 1. The molecule has 1 heterocycles. The molecular weight excluding hydrogens is 228 g/mol. The predicted octanol–water partition coefficient (Wildman–Crippen LogP) is 1.94. The van der Waals surface area contributed by atoms with Crippen LogP contribution in [0, 0.1) is 5.92 Å². The van der Waals surface area contributed by atoms with Crippen LogP contribution in [0.2, 0.25) is 0 Å². The van der Waals surface area contributed by atoms with Crippen LogP contribution in [-0.4, -0.2) is 35.3 Å². The number of hydrogen-bond acceptors (Lipinski definition) is 2. The van der Waals surface area contributed by atoms with Gasteiger partial charge in [-0.15, -0.1) is 0 Å². The Balaban J connectivity index is 2.49. The fraction of sp³-hybridized carbons (Fsp3) is 0.857. The number of likely N-dealkylation sites (tertiary alicyclic amines) is 1. The first kappa shape index (κ1) is 15.0. The Morgan fingerprint density at radius 2 is 2.11 bits per heavy atom. The van der Waals surface area contributed by atoms with Gasteiger partial charge >= 0.3 is 0 Å². The lowest BCUT2D eigenvalue weighted by Crippen LogP contribution is -2.46. The average molecular weight is 254 g/mol. The molecule has 104 valence electrons. The summed E-state index contributed by atoms with van der Waals surface area (Å²) < 4.78 is 0. The van der Waals surface area contributed by atoms with Gasteiger partial charge in [0.1, 0.15) is 0 Å². The van der Waals surface area contributed by atoms with Crippen molar-refractivity contribution in [2.24, 2.45) is 5.92 Å². The van der Waals surface area contributed by atoms with E-state index in [0.717, 1.165) is 25.8 Å². The normalized spacial score (nSPS) is 20.3. The zero-order valence-corrected chi connectivity index (χ0v) is 12.1. The Morgan fingerprint density at radius 1 is 1.44 bits per heavy atom. The fourth-order valence-corrected chi connectivity index (χ4v) is 2.04. The lowest BCUT2D eigenvalue weighted by atomic mass is 9.99. The van der Waals surface area contributed by atoms with Gasteiger partial charge in [-0.2, -0.15) is 0 Å². The Morgan fingerprint density at radius 3 is 2.67 bits per heavy atom. The summed E-state index contributed by atoms with van der Waals surface area (Å²) in [5.74, 6) is -0.0210. The summed E-state index contributed by atoms with van der Waals surface area (Å²) in [4.78, 5) is 25.7. The van der Waals surface area contributed by atoms with E-state index < -0.39 is 0 Å². The first-order chi connectivity index (χ1) is 8.39. The molecule has 18 heavy (non-hydrogen) atoms. The average Bonchev–Trinajstić information content (AvgIpc) is 2.68. The molecule has 0 spiro atoms. The highest BCUT2D eigenvalue weighted by Crippen LogP contribution is 2.20. The quantitative estimate of drug-likeness (QED) is 0.787. The Bertz CT molecular complexity index is 313. The van der Waals surface area contributed by atoms with Crippen LogP contribution in [0.1, 0.15) is 53.4 Å². The van der Waals surface area contributed by atoms with Crippen molar-refractivity contribution < 1.29 is 9.59 Å². The summed E-state index contributed by atoms with van der Waals surface area (Å²) in [5, 5.41) is 3.03. The molecule has 0 radical (unpaired) electrons. The van der Waals surface area contributed by atoms with Crippen LogP contribution in [-0.2, 0) is 9.59 Å². The van der Waals surface area contributed by atoms with E-state index in [4.69, 9.17) is 0 Å². The van der Waals surface area contributed by atoms with Crippen molar-refractivity contribution in [3.63, 3.8) is 0 Å². The van der Waals surface area contributed by atoms with Crippen molar-refractivity contribution in [2.75, 3.05) is 13.1 Å². The van der Waals surface area contributed by atoms with Crippen molar-refractivity contribution in [1.82, 2.24) is 10.2 Å². The molecular formula is C14H26N2O2. The second-order valence-electron chi connectivity index (χ2n) is 5.82. The van der Waals surface area contributed by atoms with Crippen LogP contribution >= 0.6 is 0 Å². The monoisotopic (exact) mass is 254 g/mol. The van der Waals surface area contributed by atoms with Crippen LogP contribution in [0.3, 0.4) is 0 Å². The van der Waals surface area contributed by atoms with Crippen LogP contribution in [0.25, 0.3) is 0 Å². The lowest BCUT2D eigenvalue weighted by molar-refractivity contribution is -0.129. The summed E-state index contributed by atoms with van der Waals surface area (Å²) in [6.07, 6.45) is 3.35. The highest BCUT2D eigenvalue weighted by atomic mass is 16.2. The Kier molecular flexibility index (Phi) is 5.17. The number of amides is 2. The largest absolute Gasteiger partial charge is 0.351 e. The van der Waals surface area contributed by atoms with E-state index in [-0.39, 0.29) is 23.3 Å². The molecule has 1 unspecified atom stereocenters. The van der Waals surface area contributed by atoms with Crippen LogP contribution in [0.4, 0.5) is 0 Å². The summed E-state index contributed by atoms with van der Waals surface area (Å²) in [6.45, 7) is 9.55. The SMILES string of the molecule is CCCCN1CC(C(=O)NC(C)(C)CC)CC1=O. The molecule has 1 aliphatic rings. The summed E-state index contributed by atoms with van der Waals surface area (Å²) in [7, 11) is 0. The molecule has 1 rings (SSSR count). The first-order valence-corrected chi connectivity index (χ1v) is 6.99. The van der Waals surface area contributed by atoms with Gasteiger partial charge in [-0.25, -0.2) is 0 Å². The molecule has 0 aromatic carbocycles. The van der Waals surface area contributed by atoms with Crippen molar-refractivity contribution in [1.29, 1.82) is 0 Å². The third-order valence-corrected chi connectivity index (χ3v) is 3.71. The Hall–Kier alpha value is -1.06. The molecule has 4 nitrogen and oxygen atoms in total. The third-order valence-electron chi connectivity index (χ3n) is 3.71. The zero-order chi connectivity index (χ0) is 13.8. The number of nitrogens with zero attached hydrogens (tertiary/aromatic N) is 1. The highest BCUT2D eigenvalue weighted by molar-refractivity contribution is 5.89. The van der Waals surface area contributed by atoms with Gasteiger partial charge in [0.2, 0.25) is 11.8 Å². The van der Waals surface area contributed by atoms with E-state index in [1.54, 1.807) is 0 Å². The maximum absolute atomic E-state index is 12.1. The van der Waals surface area contributed by atoms with Gasteiger partial charge in [-0.05, 0) is 26.7 Å². The van der Waals surface area contributed by atoms with Gasteiger partial charge in [0.15, 0.2) is 0 Å². The second kappa shape index (κ2) is 6.21. The van der Waals surface area contributed by atoms with Crippen molar-refractivity contribution >= 4 is 11.8 Å². The van der Waals surface area contributed by atoms with Crippen molar-refractivity contribution in [3.8, 4) is 0 Å². The summed E-state index contributed by atoms with van der Waals surface area (Å²) in [5.41, 5.74) is -0.184. The molecule has 2 amide bonds. The van der Waals surface area contributed by atoms with Crippen LogP contribution < -0.4 is 5.32 Å². The molecule has 0 aromatic heterocycles. The van der Waals surface area contributed by atoms with Gasteiger partial charge in [-0.1, -0.05) is 20.3 Å². The van der Waals surface area contributed by atoms with Gasteiger partial charge in [-0.3, -0.25) is 9.59 Å².